The maximum absolute atomic E-state index is 13.4. The second-order valence-electron chi connectivity index (χ2n) is 4.43. The second-order valence-corrected chi connectivity index (χ2v) is 5.69. The van der Waals surface area contributed by atoms with E-state index < -0.39 is 5.82 Å². The van der Waals surface area contributed by atoms with E-state index in [-0.39, 0.29) is 11.6 Å². The first-order valence-electron chi connectivity index (χ1n) is 6.57. The standard InChI is InChI=1S/C15H15BrClFN2O/c1-2-6-19-15-5-3-4-10(20-15)9-21-14-8-13(18)12(17)7-11(14)16/h3-5,7-8H,2,6,9H2,1H3,(H,19,20). The molecule has 0 bridgehead atoms. The average Bonchev–Trinajstić information content (AvgIpc) is 2.48. The minimum absolute atomic E-state index is 0.0538. The molecule has 0 fully saturated rings. The first kappa shape index (κ1) is 16.0. The number of nitrogens with one attached hydrogen (secondary N) is 1. The molecule has 0 amide bonds. The van der Waals surface area contributed by atoms with Gasteiger partial charge in [-0.2, -0.15) is 0 Å². The lowest BCUT2D eigenvalue weighted by Gasteiger charge is -2.10. The molecule has 1 aromatic heterocycles. The van der Waals surface area contributed by atoms with Crippen molar-refractivity contribution >= 4 is 33.3 Å². The normalized spacial score (nSPS) is 10.5. The maximum Gasteiger partial charge on any atom is 0.145 e. The lowest BCUT2D eigenvalue weighted by molar-refractivity contribution is 0.298. The fourth-order valence-electron chi connectivity index (χ4n) is 1.68. The van der Waals surface area contributed by atoms with Gasteiger partial charge in [-0.25, -0.2) is 9.37 Å². The third kappa shape index (κ3) is 4.58. The highest BCUT2D eigenvalue weighted by molar-refractivity contribution is 9.10. The number of aromatic nitrogens is 1. The lowest BCUT2D eigenvalue weighted by Crippen LogP contribution is -2.05. The van der Waals surface area contributed by atoms with Crippen LogP contribution in [0.2, 0.25) is 5.02 Å². The molecule has 112 valence electrons. The Bertz CT molecular complexity index is 625. The molecule has 2 rings (SSSR count). The summed E-state index contributed by atoms with van der Waals surface area (Å²) in [5.41, 5.74) is 0.762. The van der Waals surface area contributed by atoms with Gasteiger partial charge >= 0.3 is 0 Å². The quantitative estimate of drug-likeness (QED) is 0.721. The Morgan fingerprint density at radius 1 is 1.38 bits per heavy atom. The van der Waals surface area contributed by atoms with Gasteiger partial charge in [0.1, 0.15) is 24.0 Å². The molecule has 0 saturated carbocycles. The Morgan fingerprint density at radius 3 is 2.95 bits per heavy atom. The number of nitrogens with zero attached hydrogens (tertiary/aromatic N) is 1. The van der Waals surface area contributed by atoms with Crippen LogP contribution < -0.4 is 10.1 Å². The van der Waals surface area contributed by atoms with Crippen LogP contribution in [0, 0.1) is 5.82 Å². The highest BCUT2D eigenvalue weighted by Crippen LogP contribution is 2.31. The number of anilines is 1. The van der Waals surface area contributed by atoms with Crippen molar-refractivity contribution in [2.75, 3.05) is 11.9 Å². The molecular weight excluding hydrogens is 359 g/mol. The summed E-state index contributed by atoms with van der Waals surface area (Å²) in [6, 6.07) is 8.39. The van der Waals surface area contributed by atoms with Gasteiger partial charge in [-0.1, -0.05) is 24.6 Å². The van der Waals surface area contributed by atoms with Crippen molar-refractivity contribution in [3.05, 3.63) is 51.3 Å². The van der Waals surface area contributed by atoms with Gasteiger partial charge in [0.25, 0.3) is 0 Å². The zero-order valence-electron chi connectivity index (χ0n) is 11.5. The third-order valence-corrected chi connectivity index (χ3v) is 3.62. The van der Waals surface area contributed by atoms with Crippen LogP contribution >= 0.6 is 27.5 Å². The zero-order chi connectivity index (χ0) is 15.2. The molecule has 0 atom stereocenters. The maximum atomic E-state index is 13.4. The van der Waals surface area contributed by atoms with Gasteiger partial charge in [0.05, 0.1) is 15.2 Å². The van der Waals surface area contributed by atoms with Crippen LogP contribution in [-0.4, -0.2) is 11.5 Å². The molecule has 21 heavy (non-hydrogen) atoms. The molecule has 1 heterocycles. The monoisotopic (exact) mass is 372 g/mol. The molecule has 2 aromatic rings. The van der Waals surface area contributed by atoms with Gasteiger partial charge in [-0.3, -0.25) is 0 Å². The molecule has 1 N–H and O–H groups in total. The van der Waals surface area contributed by atoms with Crippen LogP contribution in [-0.2, 0) is 6.61 Å². The van der Waals surface area contributed by atoms with Crippen LogP contribution in [0.5, 0.6) is 5.75 Å². The summed E-state index contributed by atoms with van der Waals surface area (Å²) < 4.78 is 19.6. The first-order chi connectivity index (χ1) is 10.1. The van der Waals surface area contributed by atoms with Crippen molar-refractivity contribution in [2.45, 2.75) is 20.0 Å². The molecule has 0 aliphatic rings. The van der Waals surface area contributed by atoms with Crippen LogP contribution in [0.3, 0.4) is 0 Å². The van der Waals surface area contributed by atoms with Gasteiger partial charge in [0.2, 0.25) is 0 Å². The zero-order valence-corrected chi connectivity index (χ0v) is 13.8. The fourth-order valence-corrected chi connectivity index (χ4v) is 2.43. The first-order valence-corrected chi connectivity index (χ1v) is 7.74. The van der Waals surface area contributed by atoms with E-state index in [2.05, 4.69) is 33.2 Å². The molecule has 6 heteroatoms. The molecule has 0 aliphatic heterocycles. The Kier molecular flexibility index (Phi) is 5.82. The van der Waals surface area contributed by atoms with Crippen molar-refractivity contribution in [3.63, 3.8) is 0 Å². The SMILES string of the molecule is CCCNc1cccc(COc2cc(F)c(Cl)cc2Br)n1. The highest BCUT2D eigenvalue weighted by atomic mass is 79.9. The van der Waals surface area contributed by atoms with E-state index in [1.165, 1.54) is 12.1 Å². The molecule has 0 unspecified atom stereocenters. The Hall–Kier alpha value is -1.33. The summed E-state index contributed by atoms with van der Waals surface area (Å²) in [7, 11) is 0. The Morgan fingerprint density at radius 2 is 2.19 bits per heavy atom. The number of rotatable bonds is 6. The van der Waals surface area contributed by atoms with Crippen LogP contribution in [0.25, 0.3) is 0 Å². The highest BCUT2D eigenvalue weighted by Gasteiger charge is 2.08. The van der Waals surface area contributed by atoms with Gasteiger partial charge in [-0.15, -0.1) is 0 Å². The van der Waals surface area contributed by atoms with Gasteiger partial charge in [-0.05, 0) is 40.5 Å². The second kappa shape index (κ2) is 7.61. The minimum Gasteiger partial charge on any atom is -0.486 e. The fraction of sp³-hybridized carbons (Fsp3) is 0.267. The van der Waals surface area contributed by atoms with Crippen LogP contribution in [0.4, 0.5) is 10.2 Å². The Balaban J connectivity index is 2.04. The van der Waals surface area contributed by atoms with E-state index in [4.69, 9.17) is 16.3 Å². The van der Waals surface area contributed by atoms with E-state index >= 15 is 0 Å². The molecule has 0 radical (unpaired) electrons. The van der Waals surface area contributed by atoms with E-state index in [1.54, 1.807) is 0 Å². The largest absolute Gasteiger partial charge is 0.486 e. The average molecular weight is 374 g/mol. The number of benzene rings is 1. The van der Waals surface area contributed by atoms with E-state index in [9.17, 15) is 4.39 Å². The van der Waals surface area contributed by atoms with Crippen molar-refractivity contribution in [1.29, 1.82) is 0 Å². The van der Waals surface area contributed by atoms with Crippen LogP contribution in [0.15, 0.2) is 34.8 Å². The number of halogens is 3. The van der Waals surface area contributed by atoms with Crippen molar-refractivity contribution < 1.29 is 9.13 Å². The lowest BCUT2D eigenvalue weighted by atomic mass is 10.3. The number of hydrogen-bond donors (Lipinski definition) is 1. The van der Waals surface area contributed by atoms with Crippen LogP contribution in [0.1, 0.15) is 19.0 Å². The van der Waals surface area contributed by atoms with E-state index in [1.807, 2.05) is 18.2 Å². The van der Waals surface area contributed by atoms with E-state index in [0.717, 1.165) is 24.5 Å². The van der Waals surface area contributed by atoms with Crippen molar-refractivity contribution in [1.82, 2.24) is 4.98 Å². The topological polar surface area (TPSA) is 34.1 Å². The molecule has 1 aromatic carbocycles. The predicted molar refractivity (Wildman–Crippen MR) is 86.5 cm³/mol. The third-order valence-electron chi connectivity index (χ3n) is 2.71. The summed E-state index contributed by atoms with van der Waals surface area (Å²) in [5.74, 6) is 0.686. The summed E-state index contributed by atoms with van der Waals surface area (Å²) in [6.45, 7) is 3.21. The number of ether oxygens (including phenoxy) is 1. The summed E-state index contributed by atoms with van der Waals surface area (Å²) in [6.07, 6.45) is 1.03. The van der Waals surface area contributed by atoms with Gasteiger partial charge in [0.15, 0.2) is 0 Å². The summed E-state index contributed by atoms with van der Waals surface area (Å²) in [5, 5.41) is 3.26. The van der Waals surface area contributed by atoms with E-state index in [0.29, 0.717) is 10.2 Å². The molecule has 3 nitrogen and oxygen atoms in total. The van der Waals surface area contributed by atoms with Gasteiger partial charge in [0, 0.05) is 12.6 Å². The minimum atomic E-state index is -0.513. The Labute approximate surface area is 136 Å². The summed E-state index contributed by atoms with van der Waals surface area (Å²) >= 11 is 8.99. The number of pyridine rings is 1. The number of hydrogen-bond acceptors (Lipinski definition) is 3. The summed E-state index contributed by atoms with van der Waals surface area (Å²) in [4.78, 5) is 4.42. The van der Waals surface area contributed by atoms with Gasteiger partial charge < -0.3 is 10.1 Å². The van der Waals surface area contributed by atoms with Crippen molar-refractivity contribution in [3.8, 4) is 5.75 Å². The molecule has 0 aliphatic carbocycles. The molecule has 0 spiro atoms. The molecular formula is C15H15BrClFN2O. The molecule has 0 saturated heterocycles. The predicted octanol–water partition coefficient (Wildman–Crippen LogP) is 5.04. The van der Waals surface area contributed by atoms with Crippen molar-refractivity contribution in [2.24, 2.45) is 0 Å². The smallest absolute Gasteiger partial charge is 0.145 e.